The Kier molecular flexibility index (Phi) is 8.87. The van der Waals surface area contributed by atoms with Gasteiger partial charge in [-0.2, -0.15) is 0 Å². The van der Waals surface area contributed by atoms with E-state index in [1.807, 2.05) is 11.4 Å². The number of primary amides is 1. The molecule has 1 aliphatic heterocycles. The quantitative estimate of drug-likeness (QED) is 0.224. The number of rotatable bonds is 7. The summed E-state index contributed by atoms with van der Waals surface area (Å²) in [4.78, 5) is 55.8. The van der Waals surface area contributed by atoms with Crippen molar-refractivity contribution in [1.82, 2.24) is 10.3 Å². The van der Waals surface area contributed by atoms with Crippen molar-refractivity contribution in [2.45, 2.75) is 39.3 Å². The molecule has 11 nitrogen and oxygen atoms in total. The molecule has 0 unspecified atom stereocenters. The maximum absolute atomic E-state index is 14.0. The number of fused-ring (bicyclic) bond motifs is 3. The van der Waals surface area contributed by atoms with Crippen LogP contribution in [0.15, 0.2) is 60.0 Å². The summed E-state index contributed by atoms with van der Waals surface area (Å²) < 4.78 is 16.3. The number of carbonyl (C=O) groups is 4. The fourth-order valence-electron chi connectivity index (χ4n) is 4.79. The van der Waals surface area contributed by atoms with Crippen LogP contribution < -0.4 is 21.1 Å². The lowest BCUT2D eigenvalue weighted by Crippen LogP contribution is -2.32. The van der Waals surface area contributed by atoms with E-state index in [2.05, 4.69) is 15.6 Å². The normalized spacial score (nSPS) is 12.1. The molecule has 232 valence electrons. The van der Waals surface area contributed by atoms with Gasteiger partial charge in [-0.15, -0.1) is 11.3 Å². The van der Waals surface area contributed by atoms with Crippen molar-refractivity contribution in [2.24, 2.45) is 5.73 Å². The number of esters is 1. The number of methoxy groups -OCH3 is 1. The minimum absolute atomic E-state index is 0.124. The summed E-state index contributed by atoms with van der Waals surface area (Å²) in [5.74, 6) is -1.53. The van der Waals surface area contributed by atoms with E-state index in [1.165, 1.54) is 19.2 Å². The van der Waals surface area contributed by atoms with Crippen molar-refractivity contribution in [3.05, 3.63) is 88.1 Å². The summed E-state index contributed by atoms with van der Waals surface area (Å²) >= 11 is 1.55. The molecule has 1 aliphatic rings. The van der Waals surface area contributed by atoms with E-state index in [4.69, 9.17) is 19.9 Å². The Balaban J connectivity index is 1.51. The van der Waals surface area contributed by atoms with Gasteiger partial charge in [-0.3, -0.25) is 9.59 Å². The Morgan fingerprint density at radius 2 is 1.76 bits per heavy atom. The van der Waals surface area contributed by atoms with Crippen LogP contribution in [0.1, 0.15) is 63.2 Å². The number of carbonyl (C=O) groups excluding carboxylic acids is 4. The number of pyridine rings is 1. The second kappa shape index (κ2) is 12.8. The number of nitrogens with one attached hydrogen (secondary N) is 2. The molecule has 12 heteroatoms. The van der Waals surface area contributed by atoms with Gasteiger partial charge in [0.2, 0.25) is 0 Å². The molecule has 2 aromatic heterocycles. The zero-order valence-electron chi connectivity index (χ0n) is 25.2. The van der Waals surface area contributed by atoms with Crippen LogP contribution in [0.5, 0.6) is 5.75 Å². The van der Waals surface area contributed by atoms with Gasteiger partial charge in [0.15, 0.2) is 5.69 Å². The van der Waals surface area contributed by atoms with Crippen molar-refractivity contribution in [3.63, 3.8) is 0 Å². The fourth-order valence-corrected chi connectivity index (χ4v) is 5.76. The van der Waals surface area contributed by atoms with Crippen molar-refractivity contribution in [2.75, 3.05) is 19.0 Å². The van der Waals surface area contributed by atoms with Gasteiger partial charge in [0.05, 0.1) is 13.7 Å². The predicted octanol–water partition coefficient (Wildman–Crippen LogP) is 5.57. The van der Waals surface area contributed by atoms with Crippen LogP contribution in [0, 0.1) is 0 Å². The Hall–Kier alpha value is -5.23. The van der Waals surface area contributed by atoms with E-state index >= 15 is 0 Å². The Labute approximate surface area is 263 Å². The number of ether oxygens (including phenoxy) is 3. The van der Waals surface area contributed by atoms with Crippen molar-refractivity contribution < 1.29 is 33.4 Å². The standard InChI is InChI=1S/C33H32N4O7S/c1-33(2,3)44-32(41)35-17-18-5-7-20(8-6-18)36-30(39)23-15-24-26(43-13-11-19-12-14-45-28(19)24)16-22(23)21-9-10-25(29(34)38)37-27(21)31(40)42-4/h5-10,12,14-16H,11,13,17H2,1-4H3,(H2,34,38)(H,35,41)(H,36,39). The second-order valence-electron chi connectivity index (χ2n) is 11.2. The molecule has 4 aromatic rings. The SMILES string of the molecule is COC(=O)c1nc(C(N)=O)ccc1-c1cc2c(cc1C(=O)Nc1ccc(CNC(=O)OC(C)(C)C)cc1)-c1sccc1CCO2. The van der Waals surface area contributed by atoms with Crippen molar-refractivity contribution in [1.29, 1.82) is 0 Å². The number of hydrogen-bond acceptors (Lipinski definition) is 9. The Morgan fingerprint density at radius 1 is 1.00 bits per heavy atom. The molecular weight excluding hydrogens is 596 g/mol. The van der Waals surface area contributed by atoms with E-state index in [-0.39, 0.29) is 29.1 Å². The number of nitrogens with zero attached hydrogens (tertiary/aromatic N) is 1. The molecule has 0 fully saturated rings. The van der Waals surface area contributed by atoms with Gasteiger partial charge in [-0.1, -0.05) is 12.1 Å². The predicted molar refractivity (Wildman–Crippen MR) is 170 cm³/mol. The maximum Gasteiger partial charge on any atom is 0.407 e. The number of hydrogen-bond donors (Lipinski definition) is 3. The lowest BCUT2D eigenvalue weighted by atomic mass is 9.93. The first kappa shape index (κ1) is 31.2. The van der Waals surface area contributed by atoms with E-state index in [0.29, 0.717) is 30.0 Å². The van der Waals surface area contributed by atoms with E-state index in [9.17, 15) is 19.2 Å². The third kappa shape index (κ3) is 7.13. The summed E-state index contributed by atoms with van der Waals surface area (Å²) in [5, 5.41) is 7.62. The largest absolute Gasteiger partial charge is 0.493 e. The molecule has 0 radical (unpaired) electrons. The Bertz CT molecular complexity index is 1790. The van der Waals surface area contributed by atoms with E-state index < -0.39 is 29.5 Å². The molecule has 3 heterocycles. The molecule has 5 rings (SSSR count). The molecule has 0 atom stereocenters. The molecule has 45 heavy (non-hydrogen) atoms. The average Bonchev–Trinajstić information content (AvgIpc) is 3.40. The first-order valence-corrected chi connectivity index (χ1v) is 15.0. The highest BCUT2D eigenvalue weighted by atomic mass is 32.1. The molecule has 4 N–H and O–H groups in total. The third-order valence-electron chi connectivity index (χ3n) is 6.85. The van der Waals surface area contributed by atoms with E-state index in [0.717, 1.165) is 21.6 Å². The fraction of sp³-hybridized carbons (Fsp3) is 0.242. The first-order chi connectivity index (χ1) is 21.4. The molecule has 0 bridgehead atoms. The van der Waals surface area contributed by atoms with Crippen LogP contribution >= 0.6 is 11.3 Å². The van der Waals surface area contributed by atoms with Crippen molar-refractivity contribution >= 4 is 40.9 Å². The number of benzene rings is 2. The highest BCUT2D eigenvalue weighted by molar-refractivity contribution is 7.13. The number of thiophene rings is 1. The van der Waals surface area contributed by atoms with Gasteiger partial charge in [0.25, 0.3) is 11.8 Å². The van der Waals surface area contributed by atoms with E-state index in [1.54, 1.807) is 68.5 Å². The molecule has 3 amide bonds. The van der Waals surface area contributed by atoms with Gasteiger partial charge >= 0.3 is 12.1 Å². The van der Waals surface area contributed by atoms with Crippen LogP contribution in [0.2, 0.25) is 0 Å². The minimum Gasteiger partial charge on any atom is -0.493 e. The highest BCUT2D eigenvalue weighted by Gasteiger charge is 2.27. The summed E-state index contributed by atoms with van der Waals surface area (Å²) in [6.07, 6.45) is 0.167. The average molecular weight is 629 g/mol. The summed E-state index contributed by atoms with van der Waals surface area (Å²) in [7, 11) is 1.20. The van der Waals surface area contributed by atoms with Gasteiger partial charge in [-0.25, -0.2) is 14.6 Å². The van der Waals surface area contributed by atoms with Crippen LogP contribution in [-0.4, -0.2) is 48.2 Å². The van der Waals surface area contributed by atoms with Crippen LogP contribution in [-0.2, 0) is 22.4 Å². The zero-order valence-corrected chi connectivity index (χ0v) is 26.0. The summed E-state index contributed by atoms with van der Waals surface area (Å²) in [5.41, 5.74) is 8.55. The molecule has 2 aromatic carbocycles. The minimum atomic E-state index is -0.815. The zero-order chi connectivity index (χ0) is 32.3. The van der Waals surface area contributed by atoms with Crippen LogP contribution in [0.3, 0.4) is 0 Å². The lowest BCUT2D eigenvalue weighted by molar-refractivity contribution is 0.0522. The Morgan fingerprint density at radius 3 is 2.44 bits per heavy atom. The van der Waals surface area contributed by atoms with Gasteiger partial charge in [0, 0.05) is 45.8 Å². The summed E-state index contributed by atoms with van der Waals surface area (Å²) in [6, 6.07) is 15.4. The van der Waals surface area contributed by atoms with Gasteiger partial charge < -0.3 is 30.6 Å². The number of alkyl carbamates (subject to hydrolysis) is 1. The molecule has 0 aliphatic carbocycles. The van der Waals surface area contributed by atoms with Gasteiger partial charge in [-0.05, 0) is 79.7 Å². The molecule has 0 spiro atoms. The first-order valence-electron chi connectivity index (χ1n) is 14.1. The number of amides is 3. The van der Waals surface area contributed by atoms with Crippen LogP contribution in [0.25, 0.3) is 21.6 Å². The molecule has 0 saturated carbocycles. The number of aromatic nitrogens is 1. The topological polar surface area (TPSA) is 159 Å². The molecule has 0 saturated heterocycles. The maximum atomic E-state index is 14.0. The monoisotopic (exact) mass is 628 g/mol. The van der Waals surface area contributed by atoms with Crippen LogP contribution in [0.4, 0.5) is 10.5 Å². The van der Waals surface area contributed by atoms with Crippen molar-refractivity contribution in [3.8, 4) is 27.3 Å². The number of anilines is 1. The van der Waals surface area contributed by atoms with Gasteiger partial charge in [0.1, 0.15) is 17.0 Å². The number of nitrogens with two attached hydrogens (primary N) is 1. The highest BCUT2D eigenvalue weighted by Crippen LogP contribution is 2.43. The third-order valence-corrected chi connectivity index (χ3v) is 7.84. The lowest BCUT2D eigenvalue weighted by Gasteiger charge is -2.19. The smallest absolute Gasteiger partial charge is 0.407 e. The second-order valence-corrected chi connectivity index (χ2v) is 12.1. The molecular formula is C33H32N4O7S. The summed E-state index contributed by atoms with van der Waals surface area (Å²) in [6.45, 7) is 6.03.